The van der Waals surface area contributed by atoms with Gasteiger partial charge in [-0.25, -0.2) is 0 Å². The van der Waals surface area contributed by atoms with Crippen LogP contribution in [0.4, 0.5) is 0 Å². The van der Waals surface area contributed by atoms with Gasteiger partial charge in [-0.05, 0) is 0 Å². The van der Waals surface area contributed by atoms with Crippen molar-refractivity contribution >= 4 is 37.4 Å². The molecule has 1 radical (unpaired) electrons. The van der Waals surface area contributed by atoms with Crippen LogP contribution >= 0.6 is 0 Å². The first kappa shape index (κ1) is 26.2. The van der Waals surface area contributed by atoms with Crippen LogP contribution < -0.4 is 29.6 Å². The van der Waals surface area contributed by atoms with Crippen LogP contribution in [0.1, 0.15) is 1.43 Å². The van der Waals surface area contributed by atoms with Crippen molar-refractivity contribution in [3.05, 3.63) is 0 Å². The molecule has 0 amide bonds. The summed E-state index contributed by atoms with van der Waals surface area (Å²) in [6.07, 6.45) is 0. The van der Waals surface area contributed by atoms with E-state index in [-0.39, 0.29) is 105 Å². The van der Waals surface area contributed by atoms with Gasteiger partial charge in [0.05, 0.1) is 0 Å². The van der Waals surface area contributed by atoms with Crippen LogP contribution in [0.25, 0.3) is 0 Å². The molecule has 0 saturated heterocycles. The SMILES string of the molecule is [GaH3].[GeH4].[H-].[Lu].[Na+]. The standard InChI is InChI=1S/Ga.GeH4.Lu.Na.4H/h;1H4;;;;;;/q;;;+1;;;;-1. The van der Waals surface area contributed by atoms with Gasteiger partial charge in [0.25, 0.3) is 0 Å². The molecule has 0 bridgehead atoms. The fraction of sp³-hybridized carbons (Fsp3) is 0. The predicted octanol–water partition coefficient (Wildman–Crippen LogP) is -5.52. The second-order valence-corrected chi connectivity index (χ2v) is 0. The molecule has 0 atom stereocenters. The van der Waals surface area contributed by atoms with Crippen molar-refractivity contribution < 1.29 is 67.9 Å². The van der Waals surface area contributed by atoms with Crippen molar-refractivity contribution in [3.63, 3.8) is 0 Å². The Kier molecular flexibility index (Phi) is 106. The quantitative estimate of drug-likeness (QED) is 0.383. The van der Waals surface area contributed by atoms with Gasteiger partial charge >= 0.3 is 66.9 Å². The molecule has 0 aliphatic carbocycles. The minimum atomic E-state index is 0. The van der Waals surface area contributed by atoms with E-state index in [1.165, 1.54) is 0 Å². The summed E-state index contributed by atoms with van der Waals surface area (Å²) in [5, 5.41) is 0. The van der Waals surface area contributed by atoms with Crippen molar-refractivity contribution in [2.45, 2.75) is 0 Å². The molecule has 0 N–H and O–H groups in total. The van der Waals surface area contributed by atoms with Crippen LogP contribution in [0.2, 0.25) is 0 Å². The molecule has 0 fully saturated rings. The zero-order chi connectivity index (χ0) is 0. The van der Waals surface area contributed by atoms with Gasteiger partial charge in [0.15, 0.2) is 0 Å². The molecular formula is H8GaGeLuNa. The van der Waals surface area contributed by atoms with Gasteiger partial charge in [-0.2, -0.15) is 0 Å². The maximum atomic E-state index is 0. The summed E-state index contributed by atoms with van der Waals surface area (Å²) in [4.78, 5) is 0. The van der Waals surface area contributed by atoms with Crippen LogP contribution in [-0.4, -0.2) is 37.4 Å². The Balaban J connectivity index is 0. The van der Waals surface area contributed by atoms with Gasteiger partial charge < -0.3 is 1.43 Å². The molecule has 0 saturated carbocycles. The normalized spacial score (nSPS) is 0. The minimum absolute atomic E-state index is 0. The Morgan fingerprint density at radius 3 is 1.25 bits per heavy atom. The van der Waals surface area contributed by atoms with Crippen LogP contribution in [0, 0.1) is 36.9 Å². The maximum Gasteiger partial charge on any atom is 1.00 e. The molecule has 0 aromatic carbocycles. The Bertz CT molecular complexity index is 11.6. The zero-order valence-corrected chi connectivity index (χ0v) is 4.91. The number of rotatable bonds is 0. The summed E-state index contributed by atoms with van der Waals surface area (Å²) < 4.78 is 0. The van der Waals surface area contributed by atoms with Crippen LogP contribution in [-0.2, 0) is 0 Å². The molecule has 0 aromatic rings. The molecular weight excluding hydrogens is 340 g/mol. The van der Waals surface area contributed by atoms with E-state index in [4.69, 9.17) is 0 Å². The third-order valence-electron chi connectivity index (χ3n) is 0. The Morgan fingerprint density at radius 1 is 1.25 bits per heavy atom. The monoisotopic (exact) mass is 349 g/mol. The molecule has 0 spiro atoms. The smallest absolute Gasteiger partial charge is 1.00 e. The third-order valence-corrected chi connectivity index (χ3v) is 0. The number of hydrogen-bond donors (Lipinski definition) is 0. The molecule has 0 nitrogen and oxygen atoms in total. The van der Waals surface area contributed by atoms with Crippen LogP contribution in [0.3, 0.4) is 0 Å². The van der Waals surface area contributed by atoms with Gasteiger partial charge in [-0.1, -0.05) is 0 Å². The molecule has 0 aliphatic heterocycles. The molecule has 4 heavy (non-hydrogen) atoms. The summed E-state index contributed by atoms with van der Waals surface area (Å²) in [6, 6.07) is 0. The molecule has 4 heteroatoms. The molecule has 31 valence electrons. The second-order valence-electron chi connectivity index (χ2n) is 0. The molecule has 0 aliphatic rings. The van der Waals surface area contributed by atoms with Crippen molar-refractivity contribution in [1.29, 1.82) is 0 Å². The first-order valence-corrected chi connectivity index (χ1v) is 0. The van der Waals surface area contributed by atoms with E-state index in [0.717, 1.165) is 0 Å². The van der Waals surface area contributed by atoms with E-state index < -0.39 is 0 Å². The second kappa shape index (κ2) is 16.1. The average molecular weight is 348 g/mol. The maximum absolute atomic E-state index is 0. The fourth-order valence-electron chi connectivity index (χ4n) is 0. The van der Waals surface area contributed by atoms with E-state index in [0.29, 0.717) is 0 Å². The summed E-state index contributed by atoms with van der Waals surface area (Å²) in [5.41, 5.74) is 0. The van der Waals surface area contributed by atoms with Crippen LogP contribution in [0.15, 0.2) is 0 Å². The summed E-state index contributed by atoms with van der Waals surface area (Å²) >= 11 is 0. The largest absolute Gasteiger partial charge is 1.00 e. The van der Waals surface area contributed by atoms with Gasteiger partial charge in [0.1, 0.15) is 0 Å². The summed E-state index contributed by atoms with van der Waals surface area (Å²) in [5.74, 6) is 0. The Labute approximate surface area is 103 Å². The van der Waals surface area contributed by atoms with Crippen LogP contribution in [0.5, 0.6) is 0 Å². The molecule has 0 heterocycles. The van der Waals surface area contributed by atoms with E-state index >= 15 is 0 Å². The molecule has 0 rings (SSSR count). The summed E-state index contributed by atoms with van der Waals surface area (Å²) in [6.45, 7) is 0. The van der Waals surface area contributed by atoms with Gasteiger partial charge in [-0.3, -0.25) is 0 Å². The van der Waals surface area contributed by atoms with Gasteiger partial charge in [-0.15, -0.1) is 0 Å². The van der Waals surface area contributed by atoms with Crippen molar-refractivity contribution in [3.8, 4) is 0 Å². The minimum Gasteiger partial charge on any atom is -1.00 e. The van der Waals surface area contributed by atoms with Crippen molar-refractivity contribution in [2.75, 3.05) is 0 Å². The first-order chi connectivity index (χ1) is 0. The molecule has 0 unspecified atom stereocenters. The topological polar surface area (TPSA) is 0 Å². The first-order valence-electron chi connectivity index (χ1n) is 0. The summed E-state index contributed by atoms with van der Waals surface area (Å²) in [7, 11) is 0. The number of hydrogen-bond acceptors (Lipinski definition) is 0. The van der Waals surface area contributed by atoms with Gasteiger partial charge in [0, 0.05) is 36.9 Å². The van der Waals surface area contributed by atoms with E-state index in [1.54, 1.807) is 0 Å². The molecule has 0 aromatic heterocycles. The van der Waals surface area contributed by atoms with Crippen molar-refractivity contribution in [2.24, 2.45) is 0 Å². The third kappa shape index (κ3) is 9.05. The average Bonchev–Trinajstić information content (AvgIpc) is 0. The van der Waals surface area contributed by atoms with Crippen molar-refractivity contribution in [1.82, 2.24) is 0 Å². The predicted molar refractivity (Wildman–Crippen MR) is 22.4 cm³/mol. The van der Waals surface area contributed by atoms with E-state index in [1.807, 2.05) is 0 Å². The Hall–Kier alpha value is 3.41. The zero-order valence-electron chi connectivity index (χ0n) is 2.26. The fourth-order valence-corrected chi connectivity index (χ4v) is 0. The van der Waals surface area contributed by atoms with E-state index in [2.05, 4.69) is 0 Å². The van der Waals surface area contributed by atoms with E-state index in [9.17, 15) is 0 Å². The Morgan fingerprint density at radius 2 is 1.25 bits per heavy atom. The van der Waals surface area contributed by atoms with Gasteiger partial charge in [0.2, 0.25) is 0 Å².